The first-order valence-corrected chi connectivity index (χ1v) is 6.55. The molecule has 1 aliphatic heterocycles. The van der Waals surface area contributed by atoms with Crippen LogP contribution in [0.2, 0.25) is 0 Å². The van der Waals surface area contributed by atoms with E-state index >= 15 is 0 Å². The zero-order valence-corrected chi connectivity index (χ0v) is 11.0. The number of carbonyl (C=O) groups excluding carboxylic acids is 1. The molecule has 104 valence electrons. The van der Waals surface area contributed by atoms with Crippen LogP contribution in [-0.4, -0.2) is 36.2 Å². The van der Waals surface area contributed by atoms with Gasteiger partial charge in [-0.25, -0.2) is 4.39 Å². The molecule has 1 aliphatic rings. The lowest BCUT2D eigenvalue weighted by molar-refractivity contribution is -0.129. The van der Waals surface area contributed by atoms with Gasteiger partial charge in [0, 0.05) is 24.8 Å². The van der Waals surface area contributed by atoms with Crippen molar-refractivity contribution in [2.45, 2.75) is 31.9 Å². The van der Waals surface area contributed by atoms with Crippen LogP contribution in [0.3, 0.4) is 0 Å². The maximum Gasteiger partial charge on any atom is 0.248 e. The summed E-state index contributed by atoms with van der Waals surface area (Å²) in [6.07, 6.45) is 0.815. The third-order valence-corrected chi connectivity index (χ3v) is 3.32. The van der Waals surface area contributed by atoms with E-state index in [1.54, 1.807) is 6.07 Å². The minimum atomic E-state index is -0.996. The maximum atomic E-state index is 13.2. The third-order valence-electron chi connectivity index (χ3n) is 3.32. The van der Waals surface area contributed by atoms with Gasteiger partial charge in [-0.15, -0.1) is 0 Å². The second-order valence-corrected chi connectivity index (χ2v) is 4.95. The van der Waals surface area contributed by atoms with E-state index in [-0.39, 0.29) is 17.8 Å². The summed E-state index contributed by atoms with van der Waals surface area (Å²) in [4.78, 5) is 13.5. The molecule has 2 rings (SSSR count). The van der Waals surface area contributed by atoms with Crippen molar-refractivity contribution in [1.82, 2.24) is 5.32 Å². The molecule has 1 saturated heterocycles. The summed E-state index contributed by atoms with van der Waals surface area (Å²) in [5.41, 5.74) is 0.830. The fourth-order valence-electron chi connectivity index (χ4n) is 2.32. The Bertz CT molecular complexity index is 451. The number of amides is 1. The van der Waals surface area contributed by atoms with Gasteiger partial charge in [-0.05, 0) is 38.0 Å². The number of hydrogen-bond donors (Lipinski definition) is 2. The van der Waals surface area contributed by atoms with Gasteiger partial charge >= 0.3 is 0 Å². The van der Waals surface area contributed by atoms with Crippen molar-refractivity contribution in [1.29, 1.82) is 0 Å². The lowest BCUT2D eigenvalue weighted by Gasteiger charge is -2.35. The largest absolute Gasteiger partial charge is 0.384 e. The molecule has 1 heterocycles. The van der Waals surface area contributed by atoms with E-state index in [1.807, 2.05) is 6.07 Å². The van der Waals surface area contributed by atoms with Crippen LogP contribution in [0.4, 0.5) is 10.1 Å². The zero-order chi connectivity index (χ0) is 13.8. The molecule has 1 aromatic carbocycles. The number of hydrogen-bond acceptors (Lipinski definition) is 3. The van der Waals surface area contributed by atoms with E-state index in [4.69, 9.17) is 0 Å². The average molecular weight is 266 g/mol. The van der Waals surface area contributed by atoms with Gasteiger partial charge in [-0.2, -0.15) is 0 Å². The SMILES string of the molecule is CC(O)C(=O)NC1CCCN(c2cccc(F)c2)C1. The number of carbonyl (C=O) groups is 1. The van der Waals surface area contributed by atoms with Crippen LogP contribution < -0.4 is 10.2 Å². The summed E-state index contributed by atoms with van der Waals surface area (Å²) < 4.78 is 13.2. The summed E-state index contributed by atoms with van der Waals surface area (Å²) in [7, 11) is 0. The Balaban J connectivity index is 1.99. The Morgan fingerprint density at radius 3 is 3.05 bits per heavy atom. The van der Waals surface area contributed by atoms with Gasteiger partial charge in [0.15, 0.2) is 0 Å². The Kier molecular flexibility index (Phi) is 4.37. The second-order valence-electron chi connectivity index (χ2n) is 4.95. The standard InChI is InChI=1S/C14H19FN2O2/c1-10(18)14(19)16-12-5-3-7-17(9-12)13-6-2-4-11(15)8-13/h2,4,6,8,10,12,18H,3,5,7,9H2,1H3,(H,16,19). The molecule has 1 fully saturated rings. The average Bonchev–Trinajstić information content (AvgIpc) is 2.39. The highest BCUT2D eigenvalue weighted by atomic mass is 19.1. The highest BCUT2D eigenvalue weighted by molar-refractivity contribution is 5.80. The molecule has 5 heteroatoms. The van der Waals surface area contributed by atoms with E-state index in [0.29, 0.717) is 6.54 Å². The van der Waals surface area contributed by atoms with Gasteiger partial charge < -0.3 is 15.3 Å². The van der Waals surface area contributed by atoms with E-state index in [2.05, 4.69) is 10.2 Å². The molecule has 2 atom stereocenters. The highest BCUT2D eigenvalue weighted by Crippen LogP contribution is 2.20. The minimum absolute atomic E-state index is 0.000817. The summed E-state index contributed by atoms with van der Waals surface area (Å²) >= 11 is 0. The Morgan fingerprint density at radius 2 is 2.37 bits per heavy atom. The van der Waals surface area contributed by atoms with Gasteiger partial charge in [-0.1, -0.05) is 6.07 Å². The van der Waals surface area contributed by atoms with Gasteiger partial charge in [0.2, 0.25) is 5.91 Å². The van der Waals surface area contributed by atoms with Crippen molar-refractivity contribution < 1.29 is 14.3 Å². The number of aliphatic hydroxyl groups excluding tert-OH is 1. The predicted octanol–water partition coefficient (Wildman–Crippen LogP) is 1.29. The first kappa shape index (κ1) is 13.8. The van der Waals surface area contributed by atoms with E-state index < -0.39 is 6.10 Å². The van der Waals surface area contributed by atoms with Gasteiger partial charge in [0.1, 0.15) is 11.9 Å². The van der Waals surface area contributed by atoms with Crippen LogP contribution in [0.5, 0.6) is 0 Å². The number of nitrogens with zero attached hydrogens (tertiary/aromatic N) is 1. The molecular weight excluding hydrogens is 247 g/mol. The van der Waals surface area contributed by atoms with Crippen LogP contribution in [-0.2, 0) is 4.79 Å². The Hall–Kier alpha value is -1.62. The summed E-state index contributed by atoms with van der Waals surface area (Å²) in [5, 5.41) is 12.0. The molecule has 0 spiro atoms. The van der Waals surface area contributed by atoms with Gasteiger partial charge in [-0.3, -0.25) is 4.79 Å². The Morgan fingerprint density at radius 1 is 1.58 bits per heavy atom. The Labute approximate surface area is 112 Å². The first-order chi connectivity index (χ1) is 9.06. The molecule has 0 aliphatic carbocycles. The number of aliphatic hydroxyl groups is 1. The number of benzene rings is 1. The molecule has 19 heavy (non-hydrogen) atoms. The lowest BCUT2D eigenvalue weighted by atomic mass is 10.0. The van der Waals surface area contributed by atoms with Crippen LogP contribution >= 0.6 is 0 Å². The lowest BCUT2D eigenvalue weighted by Crippen LogP contribution is -2.49. The molecular formula is C14H19FN2O2. The van der Waals surface area contributed by atoms with Gasteiger partial charge in [0.25, 0.3) is 0 Å². The van der Waals surface area contributed by atoms with E-state index in [1.165, 1.54) is 19.1 Å². The summed E-state index contributed by atoms with van der Waals surface area (Å²) in [6, 6.07) is 6.46. The molecule has 4 nitrogen and oxygen atoms in total. The van der Waals surface area contributed by atoms with Crippen molar-refractivity contribution in [2.24, 2.45) is 0 Å². The second kappa shape index (κ2) is 6.02. The van der Waals surface area contributed by atoms with E-state index in [0.717, 1.165) is 25.1 Å². The number of rotatable bonds is 3. The molecule has 0 bridgehead atoms. The van der Waals surface area contributed by atoms with Crippen LogP contribution in [0, 0.1) is 5.82 Å². The molecule has 0 aromatic heterocycles. The van der Waals surface area contributed by atoms with Gasteiger partial charge in [0.05, 0.1) is 0 Å². The monoisotopic (exact) mass is 266 g/mol. The van der Waals surface area contributed by atoms with Crippen LogP contribution in [0.15, 0.2) is 24.3 Å². The fourth-order valence-corrected chi connectivity index (χ4v) is 2.32. The number of piperidine rings is 1. The first-order valence-electron chi connectivity index (χ1n) is 6.55. The fraction of sp³-hybridized carbons (Fsp3) is 0.500. The molecule has 0 saturated carbocycles. The summed E-state index contributed by atoms with van der Waals surface area (Å²) in [5.74, 6) is -0.612. The topological polar surface area (TPSA) is 52.6 Å². The normalized spacial score (nSPS) is 21.0. The molecule has 1 aromatic rings. The molecule has 2 N–H and O–H groups in total. The summed E-state index contributed by atoms with van der Waals surface area (Å²) in [6.45, 7) is 2.94. The smallest absolute Gasteiger partial charge is 0.248 e. The number of halogens is 1. The van der Waals surface area contributed by atoms with Crippen molar-refractivity contribution in [3.8, 4) is 0 Å². The van der Waals surface area contributed by atoms with Crippen LogP contribution in [0.25, 0.3) is 0 Å². The van der Waals surface area contributed by atoms with Crippen LogP contribution in [0.1, 0.15) is 19.8 Å². The predicted molar refractivity (Wildman–Crippen MR) is 71.5 cm³/mol. The van der Waals surface area contributed by atoms with Crippen molar-refractivity contribution >= 4 is 11.6 Å². The van der Waals surface area contributed by atoms with E-state index in [9.17, 15) is 14.3 Å². The number of nitrogens with one attached hydrogen (secondary N) is 1. The molecule has 1 amide bonds. The van der Waals surface area contributed by atoms with Crippen molar-refractivity contribution in [3.63, 3.8) is 0 Å². The molecule has 2 unspecified atom stereocenters. The quantitative estimate of drug-likeness (QED) is 0.867. The van der Waals surface area contributed by atoms with Crippen molar-refractivity contribution in [3.05, 3.63) is 30.1 Å². The number of anilines is 1. The maximum absolute atomic E-state index is 13.2. The third kappa shape index (κ3) is 3.67. The zero-order valence-electron chi connectivity index (χ0n) is 11.0. The highest BCUT2D eigenvalue weighted by Gasteiger charge is 2.23. The van der Waals surface area contributed by atoms with Crippen molar-refractivity contribution in [2.75, 3.05) is 18.0 Å². The molecule has 0 radical (unpaired) electrons. The minimum Gasteiger partial charge on any atom is -0.384 e.